The van der Waals surface area contributed by atoms with E-state index in [9.17, 15) is 20.2 Å². The van der Waals surface area contributed by atoms with Crippen LogP contribution in [-0.2, 0) is 17.8 Å². The van der Waals surface area contributed by atoms with Gasteiger partial charge in [-0.25, -0.2) is 0 Å². The Labute approximate surface area is 212 Å². The molecule has 0 spiro atoms. The highest BCUT2D eigenvalue weighted by atomic mass is 35.5. The van der Waals surface area contributed by atoms with Crippen LogP contribution < -0.4 is 10.1 Å². The molecule has 9 heteroatoms. The molecule has 0 atom stereocenters. The van der Waals surface area contributed by atoms with Crippen molar-refractivity contribution in [1.29, 1.82) is 5.26 Å². The average Bonchev–Trinajstić information content (AvgIpc) is 2.85. The van der Waals surface area contributed by atoms with Crippen molar-refractivity contribution in [3.05, 3.63) is 109 Å². The van der Waals surface area contributed by atoms with Crippen LogP contribution in [0.3, 0.4) is 0 Å². The first-order valence-corrected chi connectivity index (χ1v) is 11.4. The number of nitrogens with zero attached hydrogens (tertiary/aromatic N) is 2. The fraction of sp³-hybridized carbons (Fsp3) is 0.154. The van der Waals surface area contributed by atoms with Crippen molar-refractivity contribution in [3.8, 4) is 11.8 Å². The molecule has 0 heterocycles. The van der Waals surface area contributed by atoms with Gasteiger partial charge in [-0.05, 0) is 47.7 Å². The third-order valence-electron chi connectivity index (χ3n) is 4.97. The molecule has 7 nitrogen and oxygen atoms in total. The molecule has 0 saturated heterocycles. The lowest BCUT2D eigenvalue weighted by molar-refractivity contribution is -0.384. The Balaban J connectivity index is 1.62. The lowest BCUT2D eigenvalue weighted by atomic mass is 10.1. The SMILES string of the molecule is N#C/C(=C/c1cc(Cl)c(OCc2cccc([N+](=O)[O-])c2)c(Cl)c1)C(=O)NCCCc1ccccc1. The number of hydrogen-bond donors (Lipinski definition) is 1. The van der Waals surface area contributed by atoms with Crippen molar-refractivity contribution in [2.75, 3.05) is 6.54 Å². The zero-order valence-electron chi connectivity index (χ0n) is 18.5. The molecule has 1 amide bonds. The molecular weight excluding hydrogens is 489 g/mol. The molecule has 1 N–H and O–H groups in total. The van der Waals surface area contributed by atoms with Crippen LogP contribution in [0.4, 0.5) is 5.69 Å². The fourth-order valence-corrected chi connectivity index (χ4v) is 3.88. The van der Waals surface area contributed by atoms with Crippen molar-refractivity contribution >= 4 is 40.9 Å². The number of non-ortho nitro benzene ring substituents is 1. The summed E-state index contributed by atoms with van der Waals surface area (Å²) in [6.07, 6.45) is 2.95. The minimum absolute atomic E-state index is 0.0190. The van der Waals surface area contributed by atoms with Gasteiger partial charge in [0.2, 0.25) is 0 Å². The summed E-state index contributed by atoms with van der Waals surface area (Å²) in [6.45, 7) is 0.448. The minimum Gasteiger partial charge on any atom is -0.486 e. The quantitative estimate of drug-likeness (QED) is 0.116. The van der Waals surface area contributed by atoms with Gasteiger partial charge in [0, 0.05) is 18.7 Å². The van der Waals surface area contributed by atoms with Gasteiger partial charge in [0.1, 0.15) is 18.2 Å². The number of ether oxygens (including phenoxy) is 1. The smallest absolute Gasteiger partial charge is 0.269 e. The van der Waals surface area contributed by atoms with Crippen LogP contribution in [0.2, 0.25) is 10.0 Å². The standard InChI is InChI=1S/C26H21Cl2N3O4/c27-23-14-20(12-21(16-29)26(32)30-11-5-9-18-6-2-1-3-7-18)15-24(28)25(23)35-17-19-8-4-10-22(13-19)31(33)34/h1-4,6-8,10,12-15H,5,9,11,17H2,(H,30,32)/b21-12-. The van der Waals surface area contributed by atoms with Gasteiger partial charge in [-0.3, -0.25) is 14.9 Å². The topological polar surface area (TPSA) is 105 Å². The summed E-state index contributed by atoms with van der Waals surface area (Å²) in [5.41, 5.74) is 2.08. The van der Waals surface area contributed by atoms with Crippen LogP contribution in [0.1, 0.15) is 23.1 Å². The van der Waals surface area contributed by atoms with Gasteiger partial charge in [0.15, 0.2) is 5.75 Å². The Morgan fingerprint density at radius 1 is 1.06 bits per heavy atom. The van der Waals surface area contributed by atoms with E-state index in [1.165, 1.54) is 35.9 Å². The molecule has 35 heavy (non-hydrogen) atoms. The van der Waals surface area contributed by atoms with Crippen LogP contribution in [0, 0.1) is 21.4 Å². The molecule has 3 rings (SSSR count). The number of amides is 1. The molecule has 0 radical (unpaired) electrons. The van der Waals surface area contributed by atoms with E-state index < -0.39 is 10.8 Å². The maximum absolute atomic E-state index is 12.4. The third-order valence-corrected chi connectivity index (χ3v) is 5.53. The third kappa shape index (κ3) is 7.57. The van der Waals surface area contributed by atoms with Crippen LogP contribution in [-0.4, -0.2) is 17.4 Å². The van der Waals surface area contributed by atoms with Gasteiger partial charge >= 0.3 is 0 Å². The number of rotatable bonds is 10. The first-order chi connectivity index (χ1) is 16.9. The predicted octanol–water partition coefficient (Wildman–Crippen LogP) is 6.14. The zero-order chi connectivity index (χ0) is 25.2. The van der Waals surface area contributed by atoms with Crippen LogP contribution >= 0.6 is 23.2 Å². The fourth-order valence-electron chi connectivity index (χ4n) is 3.27. The molecule has 0 aromatic heterocycles. The number of carbonyl (C=O) groups excluding carboxylic acids is 1. The molecule has 3 aromatic carbocycles. The maximum atomic E-state index is 12.4. The van der Waals surface area contributed by atoms with Crippen LogP contribution in [0.5, 0.6) is 5.75 Å². The summed E-state index contributed by atoms with van der Waals surface area (Å²) in [5.74, 6) is -0.292. The second-order valence-corrected chi connectivity index (χ2v) is 8.36. The first-order valence-electron chi connectivity index (χ1n) is 10.7. The van der Waals surface area contributed by atoms with Gasteiger partial charge in [-0.2, -0.15) is 5.26 Å². The molecule has 0 bridgehead atoms. The zero-order valence-corrected chi connectivity index (χ0v) is 20.1. The second kappa shape index (κ2) is 12.6. The summed E-state index contributed by atoms with van der Waals surface area (Å²) in [4.78, 5) is 22.9. The van der Waals surface area contributed by atoms with Crippen molar-refractivity contribution in [1.82, 2.24) is 5.32 Å². The van der Waals surface area contributed by atoms with Crippen molar-refractivity contribution in [3.63, 3.8) is 0 Å². The number of aryl methyl sites for hydroxylation is 1. The second-order valence-electron chi connectivity index (χ2n) is 7.54. The molecular formula is C26H21Cl2N3O4. The van der Waals surface area contributed by atoms with Gasteiger partial charge in [-0.1, -0.05) is 65.7 Å². The Hall–Kier alpha value is -3.86. The van der Waals surface area contributed by atoms with Crippen LogP contribution in [0.25, 0.3) is 6.08 Å². The van der Waals surface area contributed by atoms with E-state index in [4.69, 9.17) is 27.9 Å². The molecule has 0 saturated carbocycles. The number of nitro groups is 1. The highest BCUT2D eigenvalue weighted by Crippen LogP contribution is 2.35. The number of benzene rings is 3. The molecule has 178 valence electrons. The van der Waals surface area contributed by atoms with E-state index in [2.05, 4.69) is 5.32 Å². The lowest BCUT2D eigenvalue weighted by Gasteiger charge is -2.11. The summed E-state index contributed by atoms with van der Waals surface area (Å²) in [7, 11) is 0. The summed E-state index contributed by atoms with van der Waals surface area (Å²) in [6, 6.07) is 20.9. The number of carbonyl (C=O) groups is 1. The Bertz CT molecular complexity index is 1260. The number of nitriles is 1. The first kappa shape index (κ1) is 25.8. The molecule has 0 aliphatic carbocycles. The van der Waals surface area contributed by atoms with E-state index in [0.29, 0.717) is 17.7 Å². The Kier molecular flexibility index (Phi) is 9.24. The van der Waals surface area contributed by atoms with Gasteiger partial charge in [0.05, 0.1) is 15.0 Å². The molecule has 0 aliphatic heterocycles. The van der Waals surface area contributed by atoms with Crippen LogP contribution in [0.15, 0.2) is 72.3 Å². The Morgan fingerprint density at radius 2 is 1.74 bits per heavy atom. The lowest BCUT2D eigenvalue weighted by Crippen LogP contribution is -2.25. The normalized spacial score (nSPS) is 10.9. The summed E-state index contributed by atoms with van der Waals surface area (Å²) in [5, 5.41) is 23.5. The molecule has 3 aromatic rings. The minimum atomic E-state index is -0.489. The number of nitro benzene ring substituents is 1. The summed E-state index contributed by atoms with van der Waals surface area (Å²) < 4.78 is 5.67. The largest absolute Gasteiger partial charge is 0.486 e. The number of hydrogen-bond acceptors (Lipinski definition) is 5. The molecule has 0 aliphatic rings. The highest BCUT2D eigenvalue weighted by Gasteiger charge is 2.13. The monoisotopic (exact) mass is 509 g/mol. The van der Waals surface area contributed by atoms with Gasteiger partial charge in [0.25, 0.3) is 11.6 Å². The number of nitrogens with one attached hydrogen (secondary N) is 1. The maximum Gasteiger partial charge on any atom is 0.269 e. The van der Waals surface area contributed by atoms with E-state index in [1.54, 1.807) is 12.1 Å². The van der Waals surface area contributed by atoms with E-state index in [-0.39, 0.29) is 33.7 Å². The highest BCUT2D eigenvalue weighted by molar-refractivity contribution is 6.37. The molecule has 0 unspecified atom stereocenters. The molecule has 0 fully saturated rings. The van der Waals surface area contributed by atoms with Crippen molar-refractivity contribution in [2.24, 2.45) is 0 Å². The number of halogens is 2. The Morgan fingerprint density at radius 3 is 2.40 bits per heavy atom. The van der Waals surface area contributed by atoms with Crippen molar-refractivity contribution < 1.29 is 14.5 Å². The summed E-state index contributed by atoms with van der Waals surface area (Å²) >= 11 is 12.6. The van der Waals surface area contributed by atoms with E-state index in [1.807, 2.05) is 36.4 Å². The van der Waals surface area contributed by atoms with Crippen molar-refractivity contribution in [2.45, 2.75) is 19.4 Å². The van der Waals surface area contributed by atoms with E-state index in [0.717, 1.165) is 12.8 Å². The van der Waals surface area contributed by atoms with Gasteiger partial charge < -0.3 is 10.1 Å². The van der Waals surface area contributed by atoms with Gasteiger partial charge in [-0.15, -0.1) is 0 Å². The predicted molar refractivity (Wildman–Crippen MR) is 135 cm³/mol. The van der Waals surface area contributed by atoms with E-state index >= 15 is 0 Å². The average molecular weight is 510 g/mol.